The van der Waals surface area contributed by atoms with Gasteiger partial charge in [-0.3, -0.25) is 9.97 Å². The van der Waals surface area contributed by atoms with Gasteiger partial charge in [-0.05, 0) is 182 Å². The predicted molar refractivity (Wildman–Crippen MR) is 362 cm³/mol. The van der Waals surface area contributed by atoms with E-state index in [1.54, 1.807) is 0 Å². The molecule has 0 N–H and O–H groups in total. The maximum Gasteiger partial charge on any atom is 0.104 e. The molecule has 0 aliphatic heterocycles. The lowest BCUT2D eigenvalue weighted by molar-refractivity contribution is 1.03. The van der Waals surface area contributed by atoms with Crippen LogP contribution in [0.1, 0.15) is 50.1 Å². The van der Waals surface area contributed by atoms with Gasteiger partial charge < -0.3 is 22.8 Å². The lowest BCUT2D eigenvalue weighted by Gasteiger charge is -2.29. The quantitative estimate of drug-likeness (QED) is 0.166. The zero-order chi connectivity index (χ0) is 58.8. The van der Waals surface area contributed by atoms with Crippen molar-refractivity contribution in [3.63, 3.8) is 0 Å². The molecule has 17 rings (SSSR count). The Bertz CT molecular complexity index is 5370. The normalized spacial score (nSPS) is 12.1. The Balaban J connectivity index is 1.22. The van der Waals surface area contributed by atoms with Gasteiger partial charge in [0.15, 0.2) is 0 Å². The summed E-state index contributed by atoms with van der Waals surface area (Å²) in [6.45, 7) is 17.4. The summed E-state index contributed by atoms with van der Waals surface area (Å²) in [6, 6.07) is 71.1. The number of aryl methyl sites for hydroxylation is 8. The Hall–Kier alpha value is -11.0. The molecule has 0 aliphatic rings. The van der Waals surface area contributed by atoms with Crippen LogP contribution in [0, 0.1) is 66.7 Å². The fourth-order valence-corrected chi connectivity index (χ4v) is 14.7. The Labute approximate surface area is 502 Å². The molecule has 0 spiro atoms. The minimum atomic E-state index is 0.530. The van der Waals surface area contributed by atoms with Crippen molar-refractivity contribution in [1.29, 1.82) is 5.26 Å². The van der Waals surface area contributed by atoms with E-state index in [1.165, 1.54) is 22.3 Å². The lowest BCUT2D eigenvalue weighted by atomic mass is 9.93. The average Bonchev–Trinajstić information content (AvgIpc) is 1.66. The van der Waals surface area contributed by atoms with Crippen LogP contribution in [-0.4, -0.2) is 32.8 Å². The SMILES string of the molecule is Cc1ccc2c(c1)c1cc(C)ccc1n2-c1c(C#N)c(-n2c3ccc(C)cc3c3cc(C)ccc32)c(-n2c3ccc(C)cc3c3cc(C)ccc32)c(-c2cccc(-n3c4cnccc4c4ccncc43)c2)c1-n1c2ccc(C)cc2c2cc(C)ccc21. The van der Waals surface area contributed by atoms with E-state index in [2.05, 4.69) is 266 Å². The van der Waals surface area contributed by atoms with Crippen molar-refractivity contribution in [3.8, 4) is 45.6 Å². The summed E-state index contributed by atoms with van der Waals surface area (Å²) in [5, 5.41) is 24.4. The van der Waals surface area contributed by atoms with Gasteiger partial charge >= 0.3 is 0 Å². The number of hydrogen-bond donors (Lipinski definition) is 0. The number of pyridine rings is 2. The van der Waals surface area contributed by atoms with Gasteiger partial charge in [0.05, 0.1) is 90.3 Å². The Morgan fingerprint density at radius 3 is 0.862 bits per heavy atom. The highest BCUT2D eigenvalue weighted by atomic mass is 15.1. The molecule has 414 valence electrons. The van der Waals surface area contributed by atoms with Crippen molar-refractivity contribution < 1.29 is 0 Å². The number of nitriles is 1. The van der Waals surface area contributed by atoms with Crippen LogP contribution in [0.4, 0.5) is 0 Å². The van der Waals surface area contributed by atoms with Gasteiger partial charge in [-0.25, -0.2) is 0 Å². The maximum absolute atomic E-state index is 13.2. The second kappa shape index (κ2) is 18.5. The fourth-order valence-electron chi connectivity index (χ4n) is 14.7. The van der Waals surface area contributed by atoms with E-state index in [0.717, 1.165) is 171 Å². The molecular formula is C79H58N8. The number of aromatic nitrogens is 7. The van der Waals surface area contributed by atoms with Gasteiger partial charge in [0, 0.05) is 77.5 Å². The van der Waals surface area contributed by atoms with E-state index >= 15 is 0 Å². The molecule has 0 saturated carbocycles. The van der Waals surface area contributed by atoms with Gasteiger partial charge in [-0.1, -0.05) is 105 Å². The van der Waals surface area contributed by atoms with Crippen LogP contribution in [0.2, 0.25) is 0 Å². The first kappa shape index (κ1) is 50.5. The standard InChI is InChI=1S/C79H58N8/c1-44-12-20-65-56(32-44)57-33-45(2)13-21-66(57)84(65)76-64(41-80)77(85-67-22-14-46(3)34-58(67)59-35-47(4)15-23-68(59)85)79(87-71-26-18-50(7)38-62(71)63-39-51(8)19-27-72(63)87)75(78(76)86-69-24-16-48(5)36-60(69)61-37-49(6)17-25-70(61)86)52-10-9-11-53(40-52)83-73-42-81-30-28-54(73)55-29-31-82-43-74(55)83/h9-40,42-43H,1-8H3. The van der Waals surface area contributed by atoms with Gasteiger partial charge in [-0.2, -0.15) is 5.26 Å². The lowest BCUT2D eigenvalue weighted by Crippen LogP contribution is -2.16. The molecule has 0 saturated heterocycles. The van der Waals surface area contributed by atoms with E-state index in [1.807, 2.05) is 24.8 Å². The van der Waals surface area contributed by atoms with Crippen LogP contribution < -0.4 is 0 Å². The first-order valence-electron chi connectivity index (χ1n) is 29.9. The number of hydrogen-bond acceptors (Lipinski definition) is 3. The molecule has 0 radical (unpaired) electrons. The Kier molecular flexibility index (Phi) is 10.7. The second-order valence-electron chi connectivity index (χ2n) is 24.4. The predicted octanol–water partition coefficient (Wildman–Crippen LogP) is 20.0. The summed E-state index contributed by atoms with van der Waals surface area (Å²) < 4.78 is 12.2. The molecule has 0 fully saturated rings. The topological polar surface area (TPSA) is 74.2 Å². The van der Waals surface area contributed by atoms with Crippen LogP contribution in [0.25, 0.3) is 149 Å². The van der Waals surface area contributed by atoms with Crippen molar-refractivity contribution in [3.05, 3.63) is 257 Å². The Morgan fingerprint density at radius 1 is 0.287 bits per heavy atom. The van der Waals surface area contributed by atoms with Crippen LogP contribution in [0.3, 0.4) is 0 Å². The largest absolute Gasteiger partial charge is 0.306 e. The van der Waals surface area contributed by atoms with Crippen molar-refractivity contribution in [2.45, 2.75) is 55.4 Å². The molecule has 0 aliphatic carbocycles. The molecule has 7 aromatic heterocycles. The summed E-state index contributed by atoms with van der Waals surface area (Å²) in [5.74, 6) is 0. The van der Waals surface area contributed by atoms with Crippen molar-refractivity contribution in [2.24, 2.45) is 0 Å². The summed E-state index contributed by atoms with van der Waals surface area (Å²) >= 11 is 0. The fraction of sp³-hybridized carbons (Fsp3) is 0.101. The summed E-state index contributed by atoms with van der Waals surface area (Å²) in [5.41, 5.74) is 26.1. The molecule has 8 heteroatoms. The van der Waals surface area contributed by atoms with Gasteiger partial charge in [0.1, 0.15) is 11.6 Å². The average molecular weight is 1120 g/mol. The third kappa shape index (κ3) is 7.23. The van der Waals surface area contributed by atoms with Crippen molar-refractivity contribution >= 4 is 109 Å². The molecule has 87 heavy (non-hydrogen) atoms. The number of nitrogens with zero attached hydrogens (tertiary/aromatic N) is 8. The minimum Gasteiger partial charge on any atom is -0.306 e. The molecule has 8 nitrogen and oxygen atoms in total. The molecular weight excluding hydrogens is 1060 g/mol. The first-order valence-corrected chi connectivity index (χ1v) is 29.9. The molecule has 7 heterocycles. The van der Waals surface area contributed by atoms with E-state index < -0.39 is 0 Å². The molecule has 17 aromatic rings. The zero-order valence-electron chi connectivity index (χ0n) is 49.7. The third-order valence-corrected chi connectivity index (χ3v) is 18.5. The van der Waals surface area contributed by atoms with Crippen molar-refractivity contribution in [1.82, 2.24) is 32.8 Å². The number of benzene rings is 10. The highest BCUT2D eigenvalue weighted by Crippen LogP contribution is 2.53. The maximum atomic E-state index is 13.2. The molecule has 0 unspecified atom stereocenters. The van der Waals surface area contributed by atoms with E-state index in [0.29, 0.717) is 5.56 Å². The first-order chi connectivity index (χ1) is 42.4. The van der Waals surface area contributed by atoms with E-state index in [9.17, 15) is 5.26 Å². The molecule has 0 amide bonds. The van der Waals surface area contributed by atoms with E-state index in [4.69, 9.17) is 9.97 Å². The van der Waals surface area contributed by atoms with Crippen LogP contribution >= 0.6 is 0 Å². The molecule has 10 aromatic carbocycles. The Morgan fingerprint density at radius 2 is 0.575 bits per heavy atom. The van der Waals surface area contributed by atoms with Gasteiger partial charge in [0.2, 0.25) is 0 Å². The van der Waals surface area contributed by atoms with Gasteiger partial charge in [0.25, 0.3) is 0 Å². The minimum absolute atomic E-state index is 0.530. The summed E-state index contributed by atoms with van der Waals surface area (Å²) in [4.78, 5) is 9.49. The number of rotatable bonds is 6. The highest BCUT2D eigenvalue weighted by Gasteiger charge is 2.35. The van der Waals surface area contributed by atoms with Gasteiger partial charge in [-0.15, -0.1) is 0 Å². The second-order valence-corrected chi connectivity index (χ2v) is 24.4. The summed E-state index contributed by atoms with van der Waals surface area (Å²) in [6.07, 6.45) is 7.69. The van der Waals surface area contributed by atoms with E-state index in [-0.39, 0.29) is 0 Å². The van der Waals surface area contributed by atoms with Crippen LogP contribution in [0.5, 0.6) is 0 Å². The molecule has 0 bridgehead atoms. The monoisotopic (exact) mass is 1120 g/mol. The number of fused-ring (bicyclic) bond motifs is 15. The van der Waals surface area contributed by atoms with Crippen LogP contribution in [0.15, 0.2) is 207 Å². The van der Waals surface area contributed by atoms with Crippen LogP contribution in [-0.2, 0) is 0 Å². The third-order valence-electron chi connectivity index (χ3n) is 18.5. The van der Waals surface area contributed by atoms with Crippen molar-refractivity contribution in [2.75, 3.05) is 0 Å². The smallest absolute Gasteiger partial charge is 0.104 e. The molecule has 0 atom stereocenters. The summed E-state index contributed by atoms with van der Waals surface area (Å²) in [7, 11) is 0. The highest BCUT2D eigenvalue weighted by molar-refractivity contribution is 6.18. The zero-order valence-corrected chi connectivity index (χ0v) is 49.7.